The highest BCUT2D eigenvalue weighted by Crippen LogP contribution is 2.32. The summed E-state index contributed by atoms with van der Waals surface area (Å²) in [5.41, 5.74) is -5.86. The van der Waals surface area contributed by atoms with Crippen LogP contribution in [0.25, 0.3) is 0 Å². The molecule has 0 amide bonds. The lowest BCUT2D eigenvalue weighted by Gasteiger charge is -2.12. The van der Waals surface area contributed by atoms with E-state index in [0.29, 0.717) is 0 Å². The minimum absolute atomic E-state index is 0.0261. The summed E-state index contributed by atoms with van der Waals surface area (Å²) in [6.07, 6.45) is -8.43. The molecule has 0 bridgehead atoms. The van der Waals surface area contributed by atoms with Crippen LogP contribution in [0.4, 0.5) is 22.0 Å². The number of halogens is 5. The molecule has 1 heterocycles. The molecule has 0 aliphatic heterocycles. The molecule has 1 aromatic heterocycles. The zero-order chi connectivity index (χ0) is 14.8. The molecule has 1 N–H and O–H groups in total. The standard InChI is InChI=1S/C10H8F5NO3/c1-2-19-9(18)6-4(10(13,14)15)3-5(7(11)12)16-8(6)17/h3,7H,2H2,1H3,(H,16,17). The number of alkyl halides is 5. The van der Waals surface area contributed by atoms with E-state index in [2.05, 4.69) is 4.74 Å². The molecular weight excluding hydrogens is 277 g/mol. The Kier molecular flexibility index (Phi) is 4.28. The third kappa shape index (κ3) is 3.30. The number of carbonyl (C=O) groups excluding carboxylic acids is 1. The normalized spacial score (nSPS) is 11.7. The molecule has 0 aliphatic carbocycles. The van der Waals surface area contributed by atoms with Crippen LogP contribution in [0, 0.1) is 0 Å². The Morgan fingerprint density at radius 3 is 2.42 bits per heavy atom. The largest absolute Gasteiger partial charge is 0.462 e. The maximum Gasteiger partial charge on any atom is 0.417 e. The Hall–Kier alpha value is -1.93. The molecule has 0 spiro atoms. The number of carbonyl (C=O) groups is 1. The van der Waals surface area contributed by atoms with Crippen LogP contribution in [0.1, 0.15) is 35.0 Å². The average Bonchev–Trinajstić information content (AvgIpc) is 2.26. The van der Waals surface area contributed by atoms with Crippen LogP contribution in [0.5, 0.6) is 0 Å². The zero-order valence-electron chi connectivity index (χ0n) is 9.48. The highest BCUT2D eigenvalue weighted by molar-refractivity contribution is 5.90. The number of ether oxygens (including phenoxy) is 1. The summed E-state index contributed by atoms with van der Waals surface area (Å²) in [6, 6.07) is 0.0261. The second-order valence-corrected chi connectivity index (χ2v) is 3.36. The van der Waals surface area contributed by atoms with Crippen molar-refractivity contribution >= 4 is 5.97 Å². The van der Waals surface area contributed by atoms with Crippen molar-refractivity contribution in [2.75, 3.05) is 6.61 Å². The highest BCUT2D eigenvalue weighted by atomic mass is 19.4. The molecule has 0 fully saturated rings. The Bertz CT molecular complexity index is 535. The predicted octanol–water partition coefficient (Wildman–Crippen LogP) is 2.51. The van der Waals surface area contributed by atoms with Crippen LogP contribution in [0.15, 0.2) is 10.9 Å². The summed E-state index contributed by atoms with van der Waals surface area (Å²) >= 11 is 0. The molecule has 0 saturated carbocycles. The quantitative estimate of drug-likeness (QED) is 0.685. The van der Waals surface area contributed by atoms with Crippen molar-refractivity contribution in [3.63, 3.8) is 0 Å². The van der Waals surface area contributed by atoms with Gasteiger partial charge in [0.05, 0.1) is 17.9 Å². The van der Waals surface area contributed by atoms with E-state index in [1.54, 1.807) is 0 Å². The molecule has 106 valence electrons. The summed E-state index contributed by atoms with van der Waals surface area (Å²) in [4.78, 5) is 24.1. The van der Waals surface area contributed by atoms with Crippen molar-refractivity contribution in [1.29, 1.82) is 0 Å². The molecule has 0 radical (unpaired) electrons. The van der Waals surface area contributed by atoms with Crippen LogP contribution in [-0.2, 0) is 10.9 Å². The van der Waals surface area contributed by atoms with Gasteiger partial charge in [0.25, 0.3) is 12.0 Å². The lowest BCUT2D eigenvalue weighted by molar-refractivity contribution is -0.138. The molecule has 19 heavy (non-hydrogen) atoms. The van der Waals surface area contributed by atoms with Crippen LogP contribution in [-0.4, -0.2) is 17.6 Å². The highest BCUT2D eigenvalue weighted by Gasteiger charge is 2.38. The Morgan fingerprint density at radius 2 is 2.00 bits per heavy atom. The number of nitrogens with one attached hydrogen (secondary N) is 1. The molecule has 9 heteroatoms. The molecule has 0 aromatic carbocycles. The second-order valence-electron chi connectivity index (χ2n) is 3.36. The molecular formula is C10H8F5NO3. The smallest absolute Gasteiger partial charge is 0.417 e. The number of hydrogen-bond donors (Lipinski definition) is 1. The van der Waals surface area contributed by atoms with Gasteiger partial charge >= 0.3 is 12.1 Å². The first-order valence-electron chi connectivity index (χ1n) is 4.98. The van der Waals surface area contributed by atoms with Gasteiger partial charge in [-0.05, 0) is 13.0 Å². The monoisotopic (exact) mass is 285 g/mol. The van der Waals surface area contributed by atoms with Gasteiger partial charge < -0.3 is 9.72 Å². The van der Waals surface area contributed by atoms with Crippen molar-refractivity contribution < 1.29 is 31.5 Å². The SMILES string of the molecule is CCOC(=O)c1c(C(F)(F)F)cc(C(F)F)[nH]c1=O. The summed E-state index contributed by atoms with van der Waals surface area (Å²) in [5.74, 6) is -1.52. The minimum atomic E-state index is -5.13. The van der Waals surface area contributed by atoms with E-state index >= 15 is 0 Å². The lowest BCUT2D eigenvalue weighted by atomic mass is 10.1. The second kappa shape index (κ2) is 5.37. The minimum Gasteiger partial charge on any atom is -0.462 e. The van der Waals surface area contributed by atoms with E-state index in [9.17, 15) is 31.5 Å². The first-order valence-corrected chi connectivity index (χ1v) is 4.98. The number of aromatic amines is 1. The summed E-state index contributed by atoms with van der Waals surface area (Å²) in [5, 5.41) is 0. The van der Waals surface area contributed by atoms with Gasteiger partial charge in [-0.3, -0.25) is 4.79 Å². The van der Waals surface area contributed by atoms with Gasteiger partial charge in [0.2, 0.25) is 0 Å². The predicted molar refractivity (Wildman–Crippen MR) is 53.0 cm³/mol. The van der Waals surface area contributed by atoms with E-state index < -0.39 is 41.0 Å². The van der Waals surface area contributed by atoms with Crippen LogP contribution in [0.2, 0.25) is 0 Å². The van der Waals surface area contributed by atoms with E-state index in [1.807, 2.05) is 0 Å². The average molecular weight is 285 g/mol. The van der Waals surface area contributed by atoms with Gasteiger partial charge in [0, 0.05) is 0 Å². The fourth-order valence-electron chi connectivity index (χ4n) is 1.33. The van der Waals surface area contributed by atoms with Gasteiger partial charge in [-0.25, -0.2) is 13.6 Å². The van der Waals surface area contributed by atoms with E-state index in [-0.39, 0.29) is 12.7 Å². The number of H-pyrrole nitrogens is 1. The van der Waals surface area contributed by atoms with Gasteiger partial charge in [0.1, 0.15) is 5.56 Å². The van der Waals surface area contributed by atoms with Gasteiger partial charge in [-0.15, -0.1) is 0 Å². The third-order valence-corrected chi connectivity index (χ3v) is 2.07. The Morgan fingerprint density at radius 1 is 1.42 bits per heavy atom. The van der Waals surface area contributed by atoms with E-state index in [1.165, 1.54) is 11.9 Å². The van der Waals surface area contributed by atoms with Crippen molar-refractivity contribution in [3.05, 3.63) is 33.2 Å². The van der Waals surface area contributed by atoms with Gasteiger partial charge in [0.15, 0.2) is 0 Å². The number of hydrogen-bond acceptors (Lipinski definition) is 3. The maximum atomic E-state index is 12.7. The first kappa shape index (κ1) is 15.1. The van der Waals surface area contributed by atoms with Gasteiger partial charge in [-0.1, -0.05) is 0 Å². The van der Waals surface area contributed by atoms with Crippen molar-refractivity contribution in [2.45, 2.75) is 19.5 Å². The number of esters is 1. The molecule has 4 nitrogen and oxygen atoms in total. The van der Waals surface area contributed by atoms with Crippen LogP contribution < -0.4 is 5.56 Å². The van der Waals surface area contributed by atoms with E-state index in [0.717, 1.165) is 0 Å². The number of rotatable bonds is 3. The summed E-state index contributed by atoms with van der Waals surface area (Å²) in [6.45, 7) is 1.07. The number of pyridine rings is 1. The fourth-order valence-corrected chi connectivity index (χ4v) is 1.33. The molecule has 0 atom stereocenters. The fraction of sp³-hybridized carbons (Fsp3) is 0.400. The van der Waals surface area contributed by atoms with E-state index in [4.69, 9.17) is 0 Å². The molecule has 0 saturated heterocycles. The van der Waals surface area contributed by atoms with Crippen molar-refractivity contribution in [1.82, 2.24) is 4.98 Å². The van der Waals surface area contributed by atoms with Gasteiger partial charge in [-0.2, -0.15) is 13.2 Å². The topological polar surface area (TPSA) is 59.2 Å². The molecule has 0 unspecified atom stereocenters. The van der Waals surface area contributed by atoms with Crippen molar-refractivity contribution in [3.8, 4) is 0 Å². The Balaban J connectivity index is 3.53. The summed E-state index contributed by atoms with van der Waals surface area (Å²) in [7, 11) is 0. The first-order chi connectivity index (χ1) is 8.68. The molecule has 1 rings (SSSR count). The maximum absolute atomic E-state index is 12.7. The van der Waals surface area contributed by atoms with Crippen LogP contribution in [0.3, 0.4) is 0 Å². The third-order valence-electron chi connectivity index (χ3n) is 2.07. The molecule has 1 aromatic rings. The molecule has 0 aliphatic rings. The number of aromatic nitrogens is 1. The Labute approximate surface area is 103 Å². The van der Waals surface area contributed by atoms with Crippen molar-refractivity contribution in [2.24, 2.45) is 0 Å². The summed E-state index contributed by atoms with van der Waals surface area (Å²) < 4.78 is 67.0. The zero-order valence-corrected chi connectivity index (χ0v) is 9.48. The lowest BCUT2D eigenvalue weighted by Crippen LogP contribution is -2.27. The van der Waals surface area contributed by atoms with Crippen LogP contribution >= 0.6 is 0 Å².